The Kier molecular flexibility index (Phi) is 6.65. The minimum atomic E-state index is -0.722. The van der Waals surface area contributed by atoms with Crippen LogP contribution in [0.25, 0.3) is 0 Å². The second-order valence-electron chi connectivity index (χ2n) is 4.80. The van der Waals surface area contributed by atoms with E-state index in [4.69, 9.17) is 0 Å². The lowest BCUT2D eigenvalue weighted by Gasteiger charge is -2.22. The Morgan fingerprint density at radius 3 is 2.57 bits per heavy atom. The summed E-state index contributed by atoms with van der Waals surface area (Å²) < 4.78 is 18.1. The highest BCUT2D eigenvalue weighted by Crippen LogP contribution is 2.09. The van der Waals surface area contributed by atoms with Crippen molar-refractivity contribution < 1.29 is 18.7 Å². The zero-order valence-electron chi connectivity index (χ0n) is 12.5. The highest BCUT2D eigenvalue weighted by Gasteiger charge is 2.26. The number of esters is 1. The Morgan fingerprint density at radius 1 is 1.33 bits per heavy atom. The first-order valence-corrected chi connectivity index (χ1v) is 6.85. The minimum absolute atomic E-state index is 0.0485. The van der Waals surface area contributed by atoms with Gasteiger partial charge < -0.3 is 15.4 Å². The molecule has 0 saturated carbocycles. The summed E-state index contributed by atoms with van der Waals surface area (Å²) in [7, 11) is 1.27. The molecule has 1 aromatic carbocycles. The summed E-state index contributed by atoms with van der Waals surface area (Å²) >= 11 is 0. The van der Waals surface area contributed by atoms with E-state index in [0.29, 0.717) is 12.0 Å². The number of hydrogen-bond acceptors (Lipinski definition) is 3. The Labute approximate surface area is 123 Å². The van der Waals surface area contributed by atoms with Crippen molar-refractivity contribution in [2.45, 2.75) is 32.9 Å². The molecule has 0 aliphatic rings. The largest absolute Gasteiger partial charge is 0.467 e. The van der Waals surface area contributed by atoms with E-state index >= 15 is 0 Å². The fourth-order valence-electron chi connectivity index (χ4n) is 1.81. The molecule has 2 amide bonds. The summed E-state index contributed by atoms with van der Waals surface area (Å²) in [6.07, 6.45) is 0.716. The van der Waals surface area contributed by atoms with Crippen molar-refractivity contribution in [1.82, 2.24) is 10.6 Å². The lowest BCUT2D eigenvalue weighted by atomic mass is 9.99. The fourth-order valence-corrected chi connectivity index (χ4v) is 1.81. The van der Waals surface area contributed by atoms with Gasteiger partial charge in [-0.15, -0.1) is 0 Å². The highest BCUT2D eigenvalue weighted by atomic mass is 19.1. The van der Waals surface area contributed by atoms with Crippen molar-refractivity contribution >= 4 is 12.0 Å². The Morgan fingerprint density at radius 2 is 2.00 bits per heavy atom. The Bertz CT molecular complexity index is 494. The van der Waals surface area contributed by atoms with Crippen LogP contribution in [-0.4, -0.2) is 25.2 Å². The molecule has 0 radical (unpaired) electrons. The van der Waals surface area contributed by atoms with Gasteiger partial charge in [-0.1, -0.05) is 38.5 Å². The third kappa shape index (κ3) is 5.06. The molecule has 1 aromatic rings. The van der Waals surface area contributed by atoms with Crippen LogP contribution in [0, 0.1) is 11.7 Å². The van der Waals surface area contributed by atoms with Gasteiger partial charge in [0.25, 0.3) is 0 Å². The van der Waals surface area contributed by atoms with Crippen molar-refractivity contribution in [3.05, 3.63) is 35.6 Å². The normalized spacial score (nSPS) is 13.1. The Hall–Kier alpha value is -2.11. The average molecular weight is 296 g/mol. The first-order chi connectivity index (χ1) is 9.99. The molecule has 116 valence electrons. The summed E-state index contributed by atoms with van der Waals surface area (Å²) in [5.41, 5.74) is 0.380. The van der Waals surface area contributed by atoms with E-state index in [1.807, 2.05) is 13.8 Å². The predicted molar refractivity (Wildman–Crippen MR) is 77.0 cm³/mol. The van der Waals surface area contributed by atoms with Gasteiger partial charge >= 0.3 is 12.0 Å². The van der Waals surface area contributed by atoms with E-state index in [0.717, 1.165) is 0 Å². The number of nitrogens with one attached hydrogen (secondary N) is 2. The van der Waals surface area contributed by atoms with Gasteiger partial charge in [-0.3, -0.25) is 0 Å². The molecule has 0 spiro atoms. The number of rotatable bonds is 6. The van der Waals surface area contributed by atoms with Gasteiger partial charge in [0.1, 0.15) is 11.9 Å². The molecule has 2 N–H and O–H groups in total. The smallest absolute Gasteiger partial charge is 0.328 e. The van der Waals surface area contributed by atoms with Crippen LogP contribution in [0.2, 0.25) is 0 Å². The van der Waals surface area contributed by atoms with Gasteiger partial charge in [-0.25, -0.2) is 14.0 Å². The zero-order chi connectivity index (χ0) is 15.8. The predicted octanol–water partition coefficient (Wildman–Crippen LogP) is 2.21. The minimum Gasteiger partial charge on any atom is -0.467 e. The number of carbonyl (C=O) groups excluding carboxylic acids is 2. The molecular formula is C15H21FN2O3. The van der Waals surface area contributed by atoms with Crippen LogP contribution in [-0.2, 0) is 16.1 Å². The monoisotopic (exact) mass is 296 g/mol. The summed E-state index contributed by atoms with van der Waals surface area (Å²) in [6.45, 7) is 3.81. The van der Waals surface area contributed by atoms with Crippen LogP contribution in [0.3, 0.4) is 0 Å². The maximum atomic E-state index is 13.4. The molecule has 0 aliphatic carbocycles. The van der Waals surface area contributed by atoms with Crippen molar-refractivity contribution in [2.24, 2.45) is 5.92 Å². The van der Waals surface area contributed by atoms with Crippen molar-refractivity contribution in [3.8, 4) is 0 Å². The third-order valence-electron chi connectivity index (χ3n) is 3.35. The molecule has 6 heteroatoms. The quantitative estimate of drug-likeness (QED) is 0.791. The highest BCUT2D eigenvalue weighted by molar-refractivity contribution is 5.83. The topological polar surface area (TPSA) is 67.4 Å². The SMILES string of the molecule is CCC(C)[C@H](NC(=O)NCc1ccccc1F)C(=O)OC. The second-order valence-corrected chi connectivity index (χ2v) is 4.80. The van der Waals surface area contributed by atoms with Crippen LogP contribution in [0.15, 0.2) is 24.3 Å². The average Bonchev–Trinajstić information content (AvgIpc) is 2.50. The standard InChI is InChI=1S/C15H21FN2O3/c1-4-10(2)13(14(19)21-3)18-15(20)17-9-11-7-5-6-8-12(11)16/h5-8,10,13H,4,9H2,1-3H3,(H2,17,18,20)/t10?,13-/m0/s1. The Balaban J connectivity index is 2.58. The summed E-state index contributed by atoms with van der Waals surface area (Å²) in [5, 5.41) is 5.09. The van der Waals surface area contributed by atoms with Crippen LogP contribution in [0.1, 0.15) is 25.8 Å². The molecule has 1 unspecified atom stereocenters. The van der Waals surface area contributed by atoms with Gasteiger partial charge in [0.2, 0.25) is 0 Å². The molecule has 1 rings (SSSR count). The molecule has 0 fully saturated rings. The fraction of sp³-hybridized carbons (Fsp3) is 0.467. The molecule has 0 bridgehead atoms. The molecule has 0 aromatic heterocycles. The van der Waals surface area contributed by atoms with Gasteiger partial charge in [0.15, 0.2) is 0 Å². The molecule has 5 nitrogen and oxygen atoms in total. The maximum Gasteiger partial charge on any atom is 0.328 e. The number of carbonyl (C=O) groups is 2. The molecule has 2 atom stereocenters. The number of urea groups is 1. The van der Waals surface area contributed by atoms with Crippen molar-refractivity contribution in [1.29, 1.82) is 0 Å². The lowest BCUT2D eigenvalue weighted by Crippen LogP contribution is -2.49. The van der Waals surface area contributed by atoms with Gasteiger partial charge in [-0.05, 0) is 12.0 Å². The number of halogens is 1. The number of methoxy groups -OCH3 is 1. The first-order valence-electron chi connectivity index (χ1n) is 6.85. The van der Waals surface area contributed by atoms with E-state index in [1.54, 1.807) is 18.2 Å². The summed E-state index contributed by atoms with van der Waals surface area (Å²) in [6, 6.07) is 4.92. The third-order valence-corrected chi connectivity index (χ3v) is 3.35. The number of amides is 2. The van der Waals surface area contributed by atoms with E-state index in [9.17, 15) is 14.0 Å². The lowest BCUT2D eigenvalue weighted by molar-refractivity contribution is -0.144. The van der Waals surface area contributed by atoms with Crippen LogP contribution >= 0.6 is 0 Å². The number of hydrogen-bond donors (Lipinski definition) is 2. The molecule has 0 saturated heterocycles. The van der Waals surface area contributed by atoms with Gasteiger partial charge in [0.05, 0.1) is 7.11 Å². The van der Waals surface area contributed by atoms with E-state index in [-0.39, 0.29) is 18.3 Å². The number of benzene rings is 1. The van der Waals surface area contributed by atoms with E-state index in [2.05, 4.69) is 15.4 Å². The van der Waals surface area contributed by atoms with Crippen LogP contribution in [0.4, 0.5) is 9.18 Å². The van der Waals surface area contributed by atoms with Gasteiger partial charge in [-0.2, -0.15) is 0 Å². The van der Waals surface area contributed by atoms with Crippen LogP contribution < -0.4 is 10.6 Å². The zero-order valence-corrected chi connectivity index (χ0v) is 12.5. The molecule has 21 heavy (non-hydrogen) atoms. The van der Waals surface area contributed by atoms with Crippen molar-refractivity contribution in [3.63, 3.8) is 0 Å². The number of ether oxygens (including phenoxy) is 1. The summed E-state index contributed by atoms with van der Waals surface area (Å²) in [5.74, 6) is -0.939. The molecular weight excluding hydrogens is 275 g/mol. The maximum absolute atomic E-state index is 13.4. The van der Waals surface area contributed by atoms with Crippen LogP contribution in [0.5, 0.6) is 0 Å². The van der Waals surface area contributed by atoms with E-state index in [1.165, 1.54) is 13.2 Å². The van der Waals surface area contributed by atoms with Gasteiger partial charge in [0, 0.05) is 12.1 Å². The van der Waals surface area contributed by atoms with E-state index < -0.39 is 18.0 Å². The second kappa shape index (κ2) is 8.24. The summed E-state index contributed by atoms with van der Waals surface area (Å²) in [4.78, 5) is 23.5. The molecule has 0 heterocycles. The molecule has 0 aliphatic heterocycles. The van der Waals surface area contributed by atoms with Crippen molar-refractivity contribution in [2.75, 3.05) is 7.11 Å². The first kappa shape index (κ1) is 16.9.